The second-order valence-electron chi connectivity index (χ2n) is 5.93. The highest BCUT2D eigenvalue weighted by Gasteiger charge is 2.35. The summed E-state index contributed by atoms with van der Waals surface area (Å²) in [6.45, 7) is 6.80. The predicted octanol–water partition coefficient (Wildman–Crippen LogP) is 1.61. The summed E-state index contributed by atoms with van der Waals surface area (Å²) in [5.41, 5.74) is -0.902. The van der Waals surface area contributed by atoms with Crippen molar-refractivity contribution in [2.75, 3.05) is 45.9 Å². The SMILES string of the molecule is CCNC(=NCCOc1ncccc1C(F)(F)F)N1CCN(C(C)=O)CC1. The number of ether oxygens (including phenoxy) is 1. The first kappa shape index (κ1) is 20.8. The number of carbonyl (C=O) groups excluding carboxylic acids is 1. The number of hydrogen-bond acceptors (Lipinski definition) is 4. The van der Waals surface area contributed by atoms with Crippen LogP contribution in [0.5, 0.6) is 5.88 Å². The molecule has 0 bridgehead atoms. The molecular weight excluding hydrogens is 363 g/mol. The fourth-order valence-electron chi connectivity index (χ4n) is 2.67. The molecule has 1 N–H and O–H groups in total. The molecule has 7 nitrogen and oxygen atoms in total. The maximum Gasteiger partial charge on any atom is 0.421 e. The van der Waals surface area contributed by atoms with Crippen LogP contribution in [-0.4, -0.2) is 72.5 Å². The van der Waals surface area contributed by atoms with Gasteiger partial charge in [-0.3, -0.25) is 4.79 Å². The Kier molecular flexibility index (Phi) is 7.26. The summed E-state index contributed by atoms with van der Waals surface area (Å²) in [4.78, 5) is 23.3. The van der Waals surface area contributed by atoms with Crippen molar-refractivity contribution >= 4 is 11.9 Å². The third-order valence-electron chi connectivity index (χ3n) is 4.03. The lowest BCUT2D eigenvalue weighted by Gasteiger charge is -2.36. The highest BCUT2D eigenvalue weighted by atomic mass is 19.4. The highest BCUT2D eigenvalue weighted by Crippen LogP contribution is 2.34. The minimum atomic E-state index is -4.52. The van der Waals surface area contributed by atoms with Crippen molar-refractivity contribution in [2.45, 2.75) is 20.0 Å². The van der Waals surface area contributed by atoms with Crippen LogP contribution in [0.2, 0.25) is 0 Å². The number of hydrogen-bond donors (Lipinski definition) is 1. The molecule has 1 amide bonds. The van der Waals surface area contributed by atoms with Crippen LogP contribution in [0.25, 0.3) is 0 Å². The van der Waals surface area contributed by atoms with E-state index in [2.05, 4.69) is 15.3 Å². The van der Waals surface area contributed by atoms with Gasteiger partial charge in [0, 0.05) is 45.8 Å². The van der Waals surface area contributed by atoms with Gasteiger partial charge in [-0.2, -0.15) is 13.2 Å². The molecule has 1 fully saturated rings. The molecule has 1 saturated heterocycles. The summed E-state index contributed by atoms with van der Waals surface area (Å²) in [7, 11) is 0. The van der Waals surface area contributed by atoms with Crippen LogP contribution >= 0.6 is 0 Å². The first-order valence-electron chi connectivity index (χ1n) is 8.76. The minimum absolute atomic E-state index is 0.0254. The lowest BCUT2D eigenvalue weighted by atomic mass is 10.2. The number of alkyl halides is 3. The van der Waals surface area contributed by atoms with Gasteiger partial charge in [0.15, 0.2) is 5.96 Å². The van der Waals surface area contributed by atoms with Gasteiger partial charge in [-0.05, 0) is 19.1 Å². The Morgan fingerprint density at radius 3 is 2.56 bits per heavy atom. The molecule has 150 valence electrons. The van der Waals surface area contributed by atoms with E-state index in [1.807, 2.05) is 11.8 Å². The van der Waals surface area contributed by atoms with E-state index in [-0.39, 0.29) is 19.1 Å². The lowest BCUT2D eigenvalue weighted by molar-refractivity contribution is -0.139. The van der Waals surface area contributed by atoms with E-state index in [9.17, 15) is 18.0 Å². The smallest absolute Gasteiger partial charge is 0.421 e. The quantitative estimate of drug-likeness (QED) is 0.472. The van der Waals surface area contributed by atoms with Crippen LogP contribution in [0.1, 0.15) is 19.4 Å². The third kappa shape index (κ3) is 6.00. The number of carbonyl (C=O) groups is 1. The molecule has 1 aliphatic heterocycles. The summed E-state index contributed by atoms with van der Waals surface area (Å²) in [5.74, 6) is 0.252. The summed E-state index contributed by atoms with van der Waals surface area (Å²) in [6.07, 6.45) is -3.26. The number of aliphatic imine (C=N–C) groups is 1. The number of guanidine groups is 1. The molecule has 1 aliphatic rings. The molecule has 0 spiro atoms. The molecule has 0 radical (unpaired) electrons. The third-order valence-corrected chi connectivity index (χ3v) is 4.03. The zero-order valence-corrected chi connectivity index (χ0v) is 15.4. The molecule has 1 aromatic heterocycles. The number of pyridine rings is 1. The molecule has 0 saturated carbocycles. The van der Waals surface area contributed by atoms with E-state index in [1.54, 1.807) is 11.8 Å². The average Bonchev–Trinajstić information content (AvgIpc) is 2.64. The topological polar surface area (TPSA) is 70.1 Å². The molecule has 0 aliphatic carbocycles. The minimum Gasteiger partial charge on any atom is -0.475 e. The van der Waals surface area contributed by atoms with Crippen molar-refractivity contribution in [1.82, 2.24) is 20.1 Å². The van der Waals surface area contributed by atoms with Gasteiger partial charge in [-0.25, -0.2) is 9.98 Å². The van der Waals surface area contributed by atoms with Crippen molar-refractivity contribution in [3.8, 4) is 5.88 Å². The van der Waals surface area contributed by atoms with Crippen LogP contribution in [-0.2, 0) is 11.0 Å². The summed E-state index contributed by atoms with van der Waals surface area (Å²) in [6, 6.07) is 2.15. The van der Waals surface area contributed by atoms with Gasteiger partial charge in [-0.15, -0.1) is 0 Å². The Morgan fingerprint density at radius 2 is 1.96 bits per heavy atom. The fourth-order valence-corrected chi connectivity index (χ4v) is 2.67. The standard InChI is InChI=1S/C17H24F3N5O2/c1-3-21-16(25-10-8-24(9-11-25)13(2)26)23-7-12-27-15-14(17(18,19)20)5-4-6-22-15/h4-6H,3,7-12H2,1-2H3,(H,21,23). The van der Waals surface area contributed by atoms with Crippen LogP contribution in [0, 0.1) is 0 Å². The Bertz CT molecular complexity index is 658. The molecule has 2 rings (SSSR count). The molecule has 1 aromatic rings. The Morgan fingerprint density at radius 1 is 1.30 bits per heavy atom. The van der Waals surface area contributed by atoms with Crippen molar-refractivity contribution in [2.24, 2.45) is 4.99 Å². The van der Waals surface area contributed by atoms with Gasteiger partial charge in [-0.1, -0.05) is 0 Å². The van der Waals surface area contributed by atoms with Crippen molar-refractivity contribution < 1.29 is 22.7 Å². The van der Waals surface area contributed by atoms with E-state index in [0.717, 1.165) is 6.07 Å². The second-order valence-corrected chi connectivity index (χ2v) is 5.93. The second kappa shape index (κ2) is 9.43. The number of amides is 1. The van der Waals surface area contributed by atoms with Crippen LogP contribution in [0.15, 0.2) is 23.3 Å². The maximum absolute atomic E-state index is 12.9. The number of rotatable bonds is 5. The normalized spacial score (nSPS) is 15.7. The molecule has 10 heteroatoms. The predicted molar refractivity (Wildman–Crippen MR) is 94.5 cm³/mol. The van der Waals surface area contributed by atoms with Crippen LogP contribution in [0.4, 0.5) is 13.2 Å². The molecule has 0 unspecified atom stereocenters. The summed E-state index contributed by atoms with van der Waals surface area (Å²) in [5, 5.41) is 3.15. The summed E-state index contributed by atoms with van der Waals surface area (Å²) < 4.78 is 44.0. The maximum atomic E-state index is 12.9. The van der Waals surface area contributed by atoms with E-state index < -0.39 is 17.6 Å². The van der Waals surface area contributed by atoms with Gasteiger partial charge in [0.05, 0.1) is 6.54 Å². The van der Waals surface area contributed by atoms with Gasteiger partial charge >= 0.3 is 6.18 Å². The largest absolute Gasteiger partial charge is 0.475 e. The fraction of sp³-hybridized carbons (Fsp3) is 0.588. The number of piperazine rings is 1. The Labute approximate surface area is 156 Å². The average molecular weight is 387 g/mol. The number of nitrogens with zero attached hydrogens (tertiary/aromatic N) is 4. The lowest BCUT2D eigenvalue weighted by Crippen LogP contribution is -2.53. The Balaban J connectivity index is 1.92. The zero-order valence-electron chi connectivity index (χ0n) is 15.4. The van der Waals surface area contributed by atoms with E-state index in [4.69, 9.17) is 4.74 Å². The van der Waals surface area contributed by atoms with Crippen molar-refractivity contribution in [3.05, 3.63) is 23.9 Å². The molecule has 2 heterocycles. The van der Waals surface area contributed by atoms with Gasteiger partial charge in [0.1, 0.15) is 12.2 Å². The molecule has 0 atom stereocenters. The van der Waals surface area contributed by atoms with E-state index in [1.165, 1.54) is 12.3 Å². The highest BCUT2D eigenvalue weighted by molar-refractivity contribution is 5.80. The van der Waals surface area contributed by atoms with Crippen LogP contribution < -0.4 is 10.1 Å². The van der Waals surface area contributed by atoms with Crippen molar-refractivity contribution in [3.63, 3.8) is 0 Å². The zero-order chi connectivity index (χ0) is 19.9. The number of halogens is 3. The van der Waals surface area contributed by atoms with Crippen LogP contribution in [0.3, 0.4) is 0 Å². The summed E-state index contributed by atoms with van der Waals surface area (Å²) >= 11 is 0. The first-order valence-corrected chi connectivity index (χ1v) is 8.76. The number of aromatic nitrogens is 1. The van der Waals surface area contributed by atoms with Gasteiger partial charge in [0.25, 0.3) is 0 Å². The molecular formula is C17H24F3N5O2. The molecule has 0 aromatic carbocycles. The van der Waals surface area contributed by atoms with Gasteiger partial charge < -0.3 is 19.9 Å². The molecule has 27 heavy (non-hydrogen) atoms. The van der Waals surface area contributed by atoms with E-state index in [0.29, 0.717) is 38.7 Å². The monoisotopic (exact) mass is 387 g/mol. The number of nitrogens with one attached hydrogen (secondary N) is 1. The van der Waals surface area contributed by atoms with Crippen molar-refractivity contribution in [1.29, 1.82) is 0 Å². The first-order chi connectivity index (χ1) is 12.8. The van der Waals surface area contributed by atoms with E-state index >= 15 is 0 Å². The Hall–Kier alpha value is -2.52. The van der Waals surface area contributed by atoms with Gasteiger partial charge in [0.2, 0.25) is 11.8 Å².